The van der Waals surface area contributed by atoms with Gasteiger partial charge >= 0.3 is 0 Å². The van der Waals surface area contributed by atoms with Gasteiger partial charge in [-0.05, 0) is 35.6 Å². The van der Waals surface area contributed by atoms with Gasteiger partial charge < -0.3 is 5.32 Å². The molecule has 2 nitrogen and oxygen atoms in total. The lowest BCUT2D eigenvalue weighted by Crippen LogP contribution is -2.09. The molecule has 0 aliphatic carbocycles. The van der Waals surface area contributed by atoms with Crippen LogP contribution in [0.3, 0.4) is 0 Å². The molecular formula is C25H24N2. The molecule has 1 aliphatic rings. The second kappa shape index (κ2) is 8.50. The Bertz CT molecular complexity index is 865. The van der Waals surface area contributed by atoms with E-state index < -0.39 is 0 Å². The smallest absolute Gasteiger partial charge is 0.101 e. The molecule has 0 bridgehead atoms. The van der Waals surface area contributed by atoms with Crippen molar-refractivity contribution in [2.24, 2.45) is 4.99 Å². The molecular weight excluding hydrogens is 328 g/mol. The van der Waals surface area contributed by atoms with E-state index in [-0.39, 0.29) is 6.04 Å². The zero-order valence-electron chi connectivity index (χ0n) is 15.4. The van der Waals surface area contributed by atoms with Gasteiger partial charge in [-0.3, -0.25) is 4.99 Å². The van der Waals surface area contributed by atoms with Crippen molar-refractivity contribution in [1.82, 2.24) is 5.32 Å². The third-order valence-electron chi connectivity index (χ3n) is 4.85. The first-order valence-corrected chi connectivity index (χ1v) is 9.58. The minimum atomic E-state index is -0.0270. The van der Waals surface area contributed by atoms with Gasteiger partial charge in [0.1, 0.15) is 6.04 Å². The Labute approximate surface area is 161 Å². The number of hydrogen-bond donors (Lipinski definition) is 1. The van der Waals surface area contributed by atoms with Crippen LogP contribution in [0.5, 0.6) is 0 Å². The van der Waals surface area contributed by atoms with Gasteiger partial charge in [0.2, 0.25) is 0 Å². The third kappa shape index (κ3) is 4.35. The average Bonchev–Trinajstić information content (AvgIpc) is 3.26. The van der Waals surface area contributed by atoms with Gasteiger partial charge in [0.15, 0.2) is 0 Å². The molecule has 0 unspecified atom stereocenters. The Morgan fingerprint density at radius 2 is 1.33 bits per heavy atom. The monoisotopic (exact) mass is 352 g/mol. The van der Waals surface area contributed by atoms with Crippen molar-refractivity contribution in [2.45, 2.75) is 18.9 Å². The molecule has 0 atom stereocenters. The Kier molecular flexibility index (Phi) is 5.44. The summed E-state index contributed by atoms with van der Waals surface area (Å²) in [6.07, 6.45) is 4.50. The van der Waals surface area contributed by atoms with Crippen LogP contribution in [0.2, 0.25) is 0 Å². The lowest BCUT2D eigenvalue weighted by Gasteiger charge is -2.16. The van der Waals surface area contributed by atoms with E-state index in [1.54, 1.807) is 0 Å². The molecule has 0 radical (unpaired) electrons. The summed E-state index contributed by atoms with van der Waals surface area (Å²) in [5.74, 6) is 0. The SMILES string of the molecule is C(/C(=NC(c1ccccc1)c1ccccc1)c1ccccc1)=C1/CCCN1. The Morgan fingerprint density at radius 3 is 1.85 bits per heavy atom. The highest BCUT2D eigenvalue weighted by atomic mass is 14.9. The van der Waals surface area contributed by atoms with Gasteiger partial charge in [0.05, 0.1) is 5.71 Å². The number of nitrogens with one attached hydrogen (secondary N) is 1. The molecule has 1 fully saturated rings. The maximum absolute atomic E-state index is 5.25. The van der Waals surface area contributed by atoms with E-state index in [1.165, 1.54) is 23.2 Å². The second-order valence-electron chi connectivity index (χ2n) is 6.80. The van der Waals surface area contributed by atoms with Crippen LogP contribution >= 0.6 is 0 Å². The number of benzene rings is 3. The fourth-order valence-corrected chi connectivity index (χ4v) is 3.46. The van der Waals surface area contributed by atoms with Gasteiger partial charge in [-0.2, -0.15) is 0 Å². The first-order chi connectivity index (χ1) is 13.4. The Morgan fingerprint density at radius 1 is 0.778 bits per heavy atom. The van der Waals surface area contributed by atoms with E-state index in [0.29, 0.717) is 0 Å². The zero-order chi connectivity index (χ0) is 18.3. The molecule has 2 heteroatoms. The van der Waals surface area contributed by atoms with Gasteiger partial charge in [-0.1, -0.05) is 91.0 Å². The molecule has 0 spiro atoms. The summed E-state index contributed by atoms with van der Waals surface area (Å²) >= 11 is 0. The van der Waals surface area contributed by atoms with Crippen LogP contribution in [-0.4, -0.2) is 12.3 Å². The minimum Gasteiger partial charge on any atom is -0.388 e. The molecule has 0 saturated carbocycles. The van der Waals surface area contributed by atoms with Crippen molar-refractivity contribution in [2.75, 3.05) is 6.54 Å². The molecule has 3 aromatic carbocycles. The number of hydrogen-bond acceptors (Lipinski definition) is 2. The van der Waals surface area contributed by atoms with Gasteiger partial charge in [-0.15, -0.1) is 0 Å². The lowest BCUT2D eigenvalue weighted by molar-refractivity contribution is 0.873. The predicted octanol–water partition coefficient (Wildman–Crippen LogP) is 5.53. The van der Waals surface area contributed by atoms with E-state index in [1.807, 2.05) is 6.07 Å². The highest BCUT2D eigenvalue weighted by molar-refractivity contribution is 6.09. The van der Waals surface area contributed by atoms with Crippen LogP contribution in [0.1, 0.15) is 35.6 Å². The molecule has 27 heavy (non-hydrogen) atoms. The molecule has 1 N–H and O–H groups in total. The topological polar surface area (TPSA) is 24.4 Å². The summed E-state index contributed by atoms with van der Waals surface area (Å²) in [5.41, 5.74) is 5.86. The molecule has 0 amide bonds. The zero-order valence-corrected chi connectivity index (χ0v) is 15.4. The first kappa shape index (κ1) is 17.3. The maximum Gasteiger partial charge on any atom is 0.101 e. The van der Waals surface area contributed by atoms with Crippen LogP contribution in [0, 0.1) is 0 Å². The average molecular weight is 352 g/mol. The van der Waals surface area contributed by atoms with Crippen molar-refractivity contribution >= 4 is 5.71 Å². The van der Waals surface area contributed by atoms with E-state index in [9.17, 15) is 0 Å². The summed E-state index contributed by atoms with van der Waals surface area (Å²) in [4.78, 5) is 5.25. The summed E-state index contributed by atoms with van der Waals surface area (Å²) in [6.45, 7) is 1.05. The number of rotatable bonds is 5. The van der Waals surface area contributed by atoms with Crippen LogP contribution in [-0.2, 0) is 0 Å². The van der Waals surface area contributed by atoms with E-state index in [0.717, 1.165) is 24.2 Å². The van der Waals surface area contributed by atoms with E-state index in [2.05, 4.69) is 96.3 Å². The lowest BCUT2D eigenvalue weighted by atomic mass is 9.98. The summed E-state index contributed by atoms with van der Waals surface area (Å²) < 4.78 is 0. The molecule has 134 valence electrons. The van der Waals surface area contributed by atoms with Crippen LogP contribution in [0.4, 0.5) is 0 Å². The predicted molar refractivity (Wildman–Crippen MR) is 113 cm³/mol. The molecule has 1 aliphatic heterocycles. The van der Waals surface area contributed by atoms with Crippen LogP contribution in [0.15, 0.2) is 108 Å². The van der Waals surface area contributed by atoms with E-state index in [4.69, 9.17) is 4.99 Å². The van der Waals surface area contributed by atoms with Gasteiger partial charge in [-0.25, -0.2) is 0 Å². The highest BCUT2D eigenvalue weighted by Crippen LogP contribution is 2.27. The highest BCUT2D eigenvalue weighted by Gasteiger charge is 2.15. The third-order valence-corrected chi connectivity index (χ3v) is 4.85. The normalized spacial score (nSPS) is 15.9. The largest absolute Gasteiger partial charge is 0.388 e. The number of allylic oxidation sites excluding steroid dienone is 2. The van der Waals surface area contributed by atoms with Crippen LogP contribution in [0.25, 0.3) is 0 Å². The molecule has 4 rings (SSSR count). The number of aliphatic imine (C=N–C) groups is 1. The van der Waals surface area contributed by atoms with Crippen molar-refractivity contribution < 1.29 is 0 Å². The minimum absolute atomic E-state index is 0.0270. The first-order valence-electron chi connectivity index (χ1n) is 9.58. The van der Waals surface area contributed by atoms with E-state index >= 15 is 0 Å². The quantitative estimate of drug-likeness (QED) is 0.600. The summed E-state index contributed by atoms with van der Waals surface area (Å²) in [5, 5.41) is 3.49. The molecule has 1 heterocycles. The van der Waals surface area contributed by atoms with Crippen molar-refractivity contribution in [3.63, 3.8) is 0 Å². The molecule has 0 aromatic heterocycles. The van der Waals surface area contributed by atoms with Crippen LogP contribution < -0.4 is 5.32 Å². The fourth-order valence-electron chi connectivity index (χ4n) is 3.46. The second-order valence-corrected chi connectivity index (χ2v) is 6.80. The summed E-state index contributed by atoms with van der Waals surface area (Å²) in [7, 11) is 0. The Balaban J connectivity index is 1.82. The maximum atomic E-state index is 5.25. The summed E-state index contributed by atoms with van der Waals surface area (Å²) in [6, 6.07) is 31.5. The van der Waals surface area contributed by atoms with Crippen molar-refractivity contribution in [1.29, 1.82) is 0 Å². The standard InChI is InChI=1S/C25H24N2/c1-4-11-20(12-5-1)24(19-23-17-10-18-26-23)27-25(21-13-6-2-7-14-21)22-15-8-3-9-16-22/h1-9,11-16,19,25-26H,10,17-18H2/b23-19+,27-24?. The van der Waals surface area contributed by atoms with Crippen molar-refractivity contribution in [3.8, 4) is 0 Å². The van der Waals surface area contributed by atoms with Crippen molar-refractivity contribution in [3.05, 3.63) is 119 Å². The molecule has 1 saturated heterocycles. The van der Waals surface area contributed by atoms with Gasteiger partial charge in [0.25, 0.3) is 0 Å². The Hall–Kier alpha value is -3.13. The molecule has 3 aromatic rings. The fraction of sp³-hybridized carbons (Fsp3) is 0.160. The van der Waals surface area contributed by atoms with Gasteiger partial charge in [0, 0.05) is 12.2 Å². The number of nitrogens with zero attached hydrogens (tertiary/aromatic N) is 1.